The normalized spacial score (nSPS) is 11.5. The van der Waals surface area contributed by atoms with Gasteiger partial charge in [0.1, 0.15) is 12.4 Å². The van der Waals surface area contributed by atoms with Gasteiger partial charge < -0.3 is 15.5 Å². The molecule has 2 N–H and O–H groups in total. The van der Waals surface area contributed by atoms with Gasteiger partial charge in [-0.15, -0.1) is 0 Å². The van der Waals surface area contributed by atoms with Crippen molar-refractivity contribution in [2.24, 2.45) is 5.92 Å². The summed E-state index contributed by atoms with van der Waals surface area (Å²) in [6.07, 6.45) is 0. The van der Waals surface area contributed by atoms with Crippen molar-refractivity contribution in [2.45, 2.75) is 53.9 Å². The van der Waals surface area contributed by atoms with Crippen LogP contribution < -0.4 is 10.6 Å². The van der Waals surface area contributed by atoms with Gasteiger partial charge >= 0.3 is 6.03 Å². The molecule has 0 bridgehead atoms. The van der Waals surface area contributed by atoms with Gasteiger partial charge in [-0.05, 0) is 43.0 Å². The van der Waals surface area contributed by atoms with E-state index in [0.717, 1.165) is 22.5 Å². The molecule has 0 fully saturated rings. The molecule has 1 heterocycles. The van der Waals surface area contributed by atoms with Crippen LogP contribution in [-0.4, -0.2) is 39.7 Å². The Morgan fingerprint density at radius 3 is 2.25 bits per heavy atom. The lowest BCUT2D eigenvalue weighted by Gasteiger charge is -2.25. The smallest absolute Gasteiger partial charge is 0.315 e. The van der Waals surface area contributed by atoms with Crippen LogP contribution in [0.2, 0.25) is 5.02 Å². The van der Waals surface area contributed by atoms with E-state index in [1.807, 2.05) is 70.2 Å². The number of rotatable bonds is 7. The average molecular weight is 510 g/mol. The first-order valence-electron chi connectivity index (χ1n) is 12.1. The van der Waals surface area contributed by atoms with E-state index >= 15 is 0 Å². The van der Waals surface area contributed by atoms with Gasteiger partial charge in [0.05, 0.1) is 16.4 Å². The molecule has 36 heavy (non-hydrogen) atoms. The minimum Gasteiger partial charge on any atom is -0.315 e. The second-order valence-electron chi connectivity index (χ2n) is 10.5. The molecule has 0 atom stereocenters. The van der Waals surface area contributed by atoms with Gasteiger partial charge in [-0.2, -0.15) is 5.10 Å². The van der Waals surface area contributed by atoms with Crippen molar-refractivity contribution in [3.8, 4) is 5.69 Å². The highest BCUT2D eigenvalue weighted by Gasteiger charge is 2.24. The molecule has 3 rings (SSSR count). The monoisotopic (exact) mass is 509 g/mol. The van der Waals surface area contributed by atoms with Crippen LogP contribution in [-0.2, 0) is 10.2 Å². The minimum absolute atomic E-state index is 0.104. The number of para-hydroxylation sites is 2. The summed E-state index contributed by atoms with van der Waals surface area (Å²) in [6, 6.07) is 14.7. The summed E-state index contributed by atoms with van der Waals surface area (Å²) in [5.41, 5.74) is 3.94. The highest BCUT2D eigenvalue weighted by Crippen LogP contribution is 2.29. The quantitative estimate of drug-likeness (QED) is 0.378. The van der Waals surface area contributed by atoms with Gasteiger partial charge in [0.15, 0.2) is 0 Å². The van der Waals surface area contributed by atoms with Crippen LogP contribution in [0.5, 0.6) is 0 Å². The summed E-state index contributed by atoms with van der Waals surface area (Å²) < 4.78 is 1.64. The Kier molecular flexibility index (Phi) is 8.46. The van der Waals surface area contributed by atoms with Crippen LogP contribution in [0.4, 0.5) is 16.3 Å². The summed E-state index contributed by atoms with van der Waals surface area (Å²) in [5.74, 6) is 0.362. The number of halogens is 1. The zero-order valence-corrected chi connectivity index (χ0v) is 22.9. The third kappa shape index (κ3) is 6.66. The van der Waals surface area contributed by atoms with E-state index in [0.29, 0.717) is 23.1 Å². The molecule has 8 heteroatoms. The first-order valence-corrected chi connectivity index (χ1v) is 12.5. The van der Waals surface area contributed by atoms with Gasteiger partial charge in [0, 0.05) is 23.7 Å². The molecule has 0 unspecified atom stereocenters. The van der Waals surface area contributed by atoms with E-state index in [9.17, 15) is 9.59 Å². The predicted octanol–water partition coefficient (Wildman–Crippen LogP) is 6.57. The maximum atomic E-state index is 13.2. The molecular weight excluding hydrogens is 474 g/mol. The van der Waals surface area contributed by atoms with E-state index in [2.05, 4.69) is 31.4 Å². The largest absolute Gasteiger partial charge is 0.322 e. The van der Waals surface area contributed by atoms with Gasteiger partial charge in [0.25, 0.3) is 0 Å². The molecule has 3 amide bonds. The molecular formula is C28H36ClN5O2. The van der Waals surface area contributed by atoms with Crippen molar-refractivity contribution in [3.63, 3.8) is 0 Å². The number of hydrogen-bond acceptors (Lipinski definition) is 3. The Hall–Kier alpha value is -3.32. The second-order valence-corrected chi connectivity index (χ2v) is 11.0. The molecule has 0 aliphatic heterocycles. The standard InChI is InChI=1S/C28H36ClN5O2/c1-18(2)16-33(27(36)31-26-19(3)11-10-12-20(26)4)17-25(35)30-24-15-23(28(5,6)7)32-34(24)22-14-9-8-13-21(22)29/h8-15,18H,16-17H2,1-7H3,(H,30,35)(H,31,36). The van der Waals surface area contributed by atoms with Crippen molar-refractivity contribution >= 4 is 35.0 Å². The molecule has 0 spiro atoms. The Balaban J connectivity index is 1.85. The first-order chi connectivity index (χ1) is 16.9. The van der Waals surface area contributed by atoms with Gasteiger partial charge in [0.2, 0.25) is 5.91 Å². The van der Waals surface area contributed by atoms with E-state index in [-0.39, 0.29) is 29.8 Å². The van der Waals surface area contributed by atoms with Crippen LogP contribution in [0.1, 0.15) is 51.4 Å². The molecule has 0 aliphatic carbocycles. The Bertz CT molecular complexity index is 1220. The number of aryl methyl sites for hydroxylation is 2. The summed E-state index contributed by atoms with van der Waals surface area (Å²) >= 11 is 6.44. The van der Waals surface area contributed by atoms with E-state index in [1.54, 1.807) is 10.7 Å². The zero-order chi connectivity index (χ0) is 26.6. The Morgan fingerprint density at radius 2 is 1.67 bits per heavy atom. The molecule has 2 aromatic carbocycles. The van der Waals surface area contributed by atoms with Gasteiger partial charge in [-0.25, -0.2) is 9.48 Å². The zero-order valence-electron chi connectivity index (χ0n) is 22.1. The number of anilines is 2. The fraction of sp³-hybridized carbons (Fsp3) is 0.393. The maximum Gasteiger partial charge on any atom is 0.322 e. The van der Waals surface area contributed by atoms with Crippen molar-refractivity contribution in [3.05, 3.63) is 70.4 Å². The fourth-order valence-electron chi connectivity index (χ4n) is 3.86. The first kappa shape index (κ1) is 27.3. The molecule has 0 aliphatic rings. The van der Waals surface area contributed by atoms with Crippen LogP contribution in [0.25, 0.3) is 5.69 Å². The third-order valence-corrected chi connectivity index (χ3v) is 6.07. The van der Waals surface area contributed by atoms with E-state index in [4.69, 9.17) is 16.7 Å². The predicted molar refractivity (Wildman–Crippen MR) is 147 cm³/mol. The lowest BCUT2D eigenvalue weighted by molar-refractivity contribution is -0.116. The number of amides is 3. The molecule has 192 valence electrons. The average Bonchev–Trinajstić information content (AvgIpc) is 3.19. The lowest BCUT2D eigenvalue weighted by atomic mass is 9.92. The number of aromatic nitrogens is 2. The number of carbonyl (C=O) groups excluding carboxylic acids is 2. The molecule has 0 radical (unpaired) electrons. The number of carbonyl (C=O) groups is 2. The SMILES string of the molecule is Cc1cccc(C)c1NC(=O)N(CC(=O)Nc1cc(C(C)(C)C)nn1-c1ccccc1Cl)CC(C)C. The van der Waals surface area contributed by atoms with Crippen LogP contribution >= 0.6 is 11.6 Å². The van der Waals surface area contributed by atoms with Crippen molar-refractivity contribution in [1.29, 1.82) is 0 Å². The molecule has 1 aromatic heterocycles. The summed E-state index contributed by atoms with van der Waals surface area (Å²) in [4.78, 5) is 28.0. The number of hydrogen-bond donors (Lipinski definition) is 2. The molecule has 0 saturated carbocycles. The fourth-order valence-corrected chi connectivity index (χ4v) is 4.07. The van der Waals surface area contributed by atoms with Crippen LogP contribution in [0.3, 0.4) is 0 Å². The second kappa shape index (κ2) is 11.2. The topological polar surface area (TPSA) is 79.3 Å². The molecule has 0 saturated heterocycles. The maximum absolute atomic E-state index is 13.2. The molecule has 3 aromatic rings. The number of urea groups is 1. The van der Waals surface area contributed by atoms with E-state index < -0.39 is 0 Å². The lowest BCUT2D eigenvalue weighted by Crippen LogP contribution is -2.42. The summed E-state index contributed by atoms with van der Waals surface area (Å²) in [7, 11) is 0. The Morgan fingerprint density at radius 1 is 1.03 bits per heavy atom. The van der Waals surface area contributed by atoms with Crippen molar-refractivity contribution in [1.82, 2.24) is 14.7 Å². The molecule has 7 nitrogen and oxygen atoms in total. The Labute approximate surface area is 218 Å². The number of benzene rings is 2. The van der Waals surface area contributed by atoms with Crippen LogP contribution in [0.15, 0.2) is 48.5 Å². The number of nitrogens with one attached hydrogen (secondary N) is 2. The highest BCUT2D eigenvalue weighted by molar-refractivity contribution is 6.32. The van der Waals surface area contributed by atoms with E-state index in [1.165, 1.54) is 4.90 Å². The number of nitrogens with zero attached hydrogens (tertiary/aromatic N) is 3. The minimum atomic E-state index is -0.319. The third-order valence-electron chi connectivity index (χ3n) is 5.75. The van der Waals surface area contributed by atoms with Crippen LogP contribution in [0, 0.1) is 19.8 Å². The van der Waals surface area contributed by atoms with Crippen molar-refractivity contribution < 1.29 is 9.59 Å². The summed E-state index contributed by atoms with van der Waals surface area (Å²) in [5, 5.41) is 11.2. The highest BCUT2D eigenvalue weighted by atomic mass is 35.5. The van der Waals surface area contributed by atoms with Gasteiger partial charge in [-0.1, -0.05) is 76.6 Å². The van der Waals surface area contributed by atoms with Crippen molar-refractivity contribution in [2.75, 3.05) is 23.7 Å². The summed E-state index contributed by atoms with van der Waals surface area (Å²) in [6.45, 7) is 14.4. The van der Waals surface area contributed by atoms with Gasteiger partial charge in [-0.3, -0.25) is 4.79 Å².